The number of anilines is 1. The van der Waals surface area contributed by atoms with E-state index in [1.807, 2.05) is 0 Å². The van der Waals surface area contributed by atoms with Crippen molar-refractivity contribution < 1.29 is 13.2 Å². The van der Waals surface area contributed by atoms with E-state index in [2.05, 4.69) is 9.82 Å². The van der Waals surface area contributed by atoms with Gasteiger partial charge in [0.15, 0.2) is 0 Å². The lowest BCUT2D eigenvalue weighted by molar-refractivity contribution is 0.417. The average Bonchev–Trinajstić information content (AvgIpc) is 3.16. The fourth-order valence-electron chi connectivity index (χ4n) is 3.04. The highest BCUT2D eigenvalue weighted by Crippen LogP contribution is 2.32. The van der Waals surface area contributed by atoms with Crippen LogP contribution in [-0.2, 0) is 10.0 Å². The van der Waals surface area contributed by atoms with Crippen LogP contribution in [0.3, 0.4) is 0 Å². The van der Waals surface area contributed by atoms with Gasteiger partial charge in [0.05, 0.1) is 24.5 Å². The number of hydrogen-bond acceptors (Lipinski definition) is 4. The summed E-state index contributed by atoms with van der Waals surface area (Å²) < 4.78 is 35.1. The minimum absolute atomic E-state index is 0.177. The van der Waals surface area contributed by atoms with Gasteiger partial charge in [-0.15, -0.1) is 0 Å². The van der Waals surface area contributed by atoms with E-state index in [1.165, 1.54) is 13.2 Å². The van der Waals surface area contributed by atoms with Crippen molar-refractivity contribution >= 4 is 27.3 Å². The summed E-state index contributed by atoms with van der Waals surface area (Å²) in [5.41, 5.74) is 0.786. The number of sulfonamides is 1. The topological polar surface area (TPSA) is 73.2 Å². The van der Waals surface area contributed by atoms with E-state index < -0.39 is 10.0 Å². The molecule has 0 amide bonds. The van der Waals surface area contributed by atoms with Crippen LogP contribution >= 0.6 is 11.6 Å². The van der Waals surface area contributed by atoms with E-state index in [0.717, 1.165) is 25.7 Å². The number of aromatic nitrogens is 2. The van der Waals surface area contributed by atoms with Crippen LogP contribution in [0.1, 0.15) is 37.4 Å². The third-order valence-electron chi connectivity index (χ3n) is 4.27. The fourth-order valence-corrected chi connectivity index (χ4v) is 4.45. The molecule has 3 rings (SSSR count). The fraction of sp³-hybridized carbons (Fsp3) is 0.438. The number of nitrogens with zero attached hydrogens (tertiary/aromatic N) is 2. The van der Waals surface area contributed by atoms with Crippen LogP contribution in [0.15, 0.2) is 29.3 Å². The van der Waals surface area contributed by atoms with Gasteiger partial charge in [0.2, 0.25) is 0 Å². The molecule has 8 heteroatoms. The van der Waals surface area contributed by atoms with Crippen molar-refractivity contribution in [2.75, 3.05) is 11.8 Å². The second kappa shape index (κ2) is 6.64. The summed E-state index contributed by atoms with van der Waals surface area (Å²) in [6, 6.07) is 5.07. The first-order valence-corrected chi connectivity index (χ1v) is 9.69. The second-order valence-electron chi connectivity index (χ2n) is 5.95. The van der Waals surface area contributed by atoms with Gasteiger partial charge in [-0.05, 0) is 38.0 Å². The molecule has 0 spiro atoms. The van der Waals surface area contributed by atoms with Crippen molar-refractivity contribution in [2.24, 2.45) is 0 Å². The number of aryl methyl sites for hydroxylation is 1. The molecule has 2 aromatic rings. The van der Waals surface area contributed by atoms with Crippen molar-refractivity contribution in [3.8, 4) is 5.75 Å². The van der Waals surface area contributed by atoms with Gasteiger partial charge in [-0.25, -0.2) is 8.42 Å². The van der Waals surface area contributed by atoms with Crippen molar-refractivity contribution in [1.82, 2.24) is 9.78 Å². The molecule has 0 saturated heterocycles. The molecule has 0 unspecified atom stereocenters. The van der Waals surface area contributed by atoms with Crippen molar-refractivity contribution in [1.29, 1.82) is 0 Å². The average molecular weight is 370 g/mol. The Labute approximate surface area is 146 Å². The zero-order valence-electron chi connectivity index (χ0n) is 13.6. The van der Waals surface area contributed by atoms with Crippen LogP contribution in [-0.4, -0.2) is 25.3 Å². The maximum Gasteiger partial charge on any atom is 0.265 e. The molecule has 24 heavy (non-hydrogen) atoms. The van der Waals surface area contributed by atoms with Crippen LogP contribution in [0.5, 0.6) is 5.75 Å². The Bertz CT molecular complexity index is 842. The summed E-state index contributed by atoms with van der Waals surface area (Å²) in [5.74, 6) is 0.406. The Morgan fingerprint density at radius 3 is 2.71 bits per heavy atom. The summed E-state index contributed by atoms with van der Waals surface area (Å²) in [7, 11) is -2.30. The predicted octanol–water partition coefficient (Wildman–Crippen LogP) is 3.77. The first kappa shape index (κ1) is 17.1. The number of rotatable bonds is 5. The lowest BCUT2D eigenvalue weighted by Gasteiger charge is -2.12. The maximum atomic E-state index is 12.8. The summed E-state index contributed by atoms with van der Waals surface area (Å²) >= 11 is 5.96. The second-order valence-corrected chi connectivity index (χ2v) is 8.03. The van der Waals surface area contributed by atoms with Gasteiger partial charge in [0.25, 0.3) is 10.0 Å². The van der Waals surface area contributed by atoms with E-state index in [0.29, 0.717) is 22.2 Å². The van der Waals surface area contributed by atoms with Crippen molar-refractivity contribution in [2.45, 2.75) is 43.5 Å². The third-order valence-corrected chi connectivity index (χ3v) is 5.97. The zero-order chi connectivity index (χ0) is 17.3. The summed E-state index contributed by atoms with van der Waals surface area (Å²) in [5, 5.41) is 4.82. The summed E-state index contributed by atoms with van der Waals surface area (Å²) in [4.78, 5) is 0.177. The van der Waals surface area contributed by atoms with Gasteiger partial charge in [-0.1, -0.05) is 24.4 Å². The number of nitrogens with one attached hydrogen (secondary N) is 1. The largest absolute Gasteiger partial charge is 0.495 e. The summed E-state index contributed by atoms with van der Waals surface area (Å²) in [6.45, 7) is 1.70. The van der Waals surface area contributed by atoms with E-state index in [4.69, 9.17) is 16.3 Å². The van der Waals surface area contributed by atoms with Gasteiger partial charge in [-0.2, -0.15) is 5.10 Å². The quantitative estimate of drug-likeness (QED) is 0.870. The normalized spacial score (nSPS) is 15.6. The molecule has 1 saturated carbocycles. The standard InChI is InChI=1S/C16H20ClN3O3S/c1-11-16(10-20(18-11)13-5-3-4-6-13)24(21,22)19-14-9-12(17)7-8-15(14)23-2/h7-10,13,19H,3-6H2,1-2H3. The Hall–Kier alpha value is -1.73. The number of halogens is 1. The van der Waals surface area contributed by atoms with Crippen LogP contribution in [0, 0.1) is 6.92 Å². The number of benzene rings is 1. The molecule has 1 heterocycles. The molecular formula is C16H20ClN3O3S. The smallest absolute Gasteiger partial charge is 0.265 e. The SMILES string of the molecule is COc1ccc(Cl)cc1NS(=O)(=O)c1cn(C2CCCC2)nc1C. The Kier molecular flexibility index (Phi) is 4.73. The highest BCUT2D eigenvalue weighted by Gasteiger charge is 2.25. The highest BCUT2D eigenvalue weighted by molar-refractivity contribution is 7.92. The van der Waals surface area contributed by atoms with Gasteiger partial charge >= 0.3 is 0 Å². The minimum atomic E-state index is -3.77. The molecule has 1 aliphatic carbocycles. The van der Waals surface area contributed by atoms with Gasteiger partial charge in [-0.3, -0.25) is 9.40 Å². The molecule has 130 valence electrons. The van der Waals surface area contributed by atoms with E-state index in [1.54, 1.807) is 29.9 Å². The lowest BCUT2D eigenvalue weighted by Crippen LogP contribution is -2.14. The van der Waals surface area contributed by atoms with Gasteiger partial charge < -0.3 is 4.74 Å². The van der Waals surface area contributed by atoms with E-state index in [-0.39, 0.29) is 10.9 Å². The molecule has 0 radical (unpaired) electrons. The molecule has 1 aliphatic rings. The van der Waals surface area contributed by atoms with Gasteiger partial charge in [0, 0.05) is 11.2 Å². The Morgan fingerprint density at radius 2 is 2.04 bits per heavy atom. The zero-order valence-corrected chi connectivity index (χ0v) is 15.2. The van der Waals surface area contributed by atoms with Crippen LogP contribution in [0.2, 0.25) is 5.02 Å². The van der Waals surface area contributed by atoms with E-state index >= 15 is 0 Å². The molecule has 1 fully saturated rings. The van der Waals surface area contributed by atoms with Crippen LogP contribution in [0.4, 0.5) is 5.69 Å². The first-order valence-electron chi connectivity index (χ1n) is 7.83. The molecule has 0 atom stereocenters. The Morgan fingerprint density at radius 1 is 1.33 bits per heavy atom. The highest BCUT2D eigenvalue weighted by atomic mass is 35.5. The van der Waals surface area contributed by atoms with Crippen molar-refractivity contribution in [3.63, 3.8) is 0 Å². The molecule has 1 N–H and O–H groups in total. The predicted molar refractivity (Wildman–Crippen MR) is 93.3 cm³/mol. The van der Waals surface area contributed by atoms with Crippen LogP contribution in [0.25, 0.3) is 0 Å². The molecule has 0 bridgehead atoms. The maximum absolute atomic E-state index is 12.8. The van der Waals surface area contributed by atoms with Crippen LogP contribution < -0.4 is 9.46 Å². The number of ether oxygens (including phenoxy) is 1. The molecule has 1 aromatic carbocycles. The monoisotopic (exact) mass is 369 g/mol. The molecule has 1 aromatic heterocycles. The molecule has 6 nitrogen and oxygen atoms in total. The van der Waals surface area contributed by atoms with Crippen molar-refractivity contribution in [3.05, 3.63) is 35.1 Å². The summed E-state index contributed by atoms with van der Waals surface area (Å²) in [6.07, 6.45) is 6.00. The Balaban J connectivity index is 1.92. The van der Waals surface area contributed by atoms with Gasteiger partial charge in [0.1, 0.15) is 10.6 Å². The molecular weight excluding hydrogens is 350 g/mol. The first-order chi connectivity index (χ1) is 11.4. The third kappa shape index (κ3) is 3.37. The molecule has 0 aliphatic heterocycles. The van der Waals surface area contributed by atoms with E-state index in [9.17, 15) is 8.42 Å². The number of hydrogen-bond donors (Lipinski definition) is 1. The lowest BCUT2D eigenvalue weighted by atomic mass is 10.3. The number of methoxy groups -OCH3 is 1. The minimum Gasteiger partial charge on any atom is -0.495 e.